The fourth-order valence-corrected chi connectivity index (χ4v) is 3.47. The first-order chi connectivity index (χ1) is 13.0. The van der Waals surface area contributed by atoms with Crippen LogP contribution in [0.15, 0.2) is 24.4 Å². The quantitative estimate of drug-likeness (QED) is 0.808. The van der Waals surface area contributed by atoms with E-state index in [4.69, 9.17) is 10.5 Å². The Labute approximate surface area is 157 Å². The Morgan fingerprint density at radius 1 is 1.33 bits per heavy atom. The van der Waals surface area contributed by atoms with Gasteiger partial charge in [-0.1, -0.05) is 18.9 Å². The lowest BCUT2D eigenvalue weighted by Gasteiger charge is -2.17. The molecule has 3 N–H and O–H groups in total. The van der Waals surface area contributed by atoms with Gasteiger partial charge in [-0.15, -0.1) is 0 Å². The van der Waals surface area contributed by atoms with Crippen LogP contribution in [-0.2, 0) is 9.53 Å². The Morgan fingerprint density at radius 3 is 2.67 bits per heavy atom. The van der Waals surface area contributed by atoms with Crippen molar-refractivity contribution in [1.82, 2.24) is 4.57 Å². The average molecular weight is 366 g/mol. The van der Waals surface area contributed by atoms with E-state index in [1.807, 2.05) is 25.1 Å². The summed E-state index contributed by atoms with van der Waals surface area (Å²) in [5.41, 5.74) is 8.34. The maximum Gasteiger partial charge on any atom is 0.357 e. The molecule has 0 atom stereocenters. The number of anilines is 2. The molecule has 1 heterocycles. The van der Waals surface area contributed by atoms with Crippen molar-refractivity contribution in [2.24, 2.45) is 5.92 Å². The third-order valence-electron chi connectivity index (χ3n) is 4.94. The molecule has 3 rings (SSSR count). The number of aryl methyl sites for hydroxylation is 1. The summed E-state index contributed by atoms with van der Waals surface area (Å²) in [4.78, 5) is 24.9. The van der Waals surface area contributed by atoms with Crippen molar-refractivity contribution in [3.05, 3.63) is 41.2 Å². The highest BCUT2D eigenvalue weighted by molar-refractivity contribution is 5.98. The lowest BCUT2D eigenvalue weighted by molar-refractivity contribution is -0.119. The number of carbonyl (C=O) groups is 2. The van der Waals surface area contributed by atoms with Crippen molar-refractivity contribution < 1.29 is 14.3 Å². The molecule has 0 saturated heterocycles. The molecule has 2 aromatic rings. The monoisotopic (exact) mass is 366 g/mol. The zero-order valence-corrected chi connectivity index (χ0v) is 15.4. The van der Waals surface area contributed by atoms with E-state index in [0.717, 1.165) is 31.2 Å². The highest BCUT2D eigenvalue weighted by Gasteiger charge is 2.26. The second kappa shape index (κ2) is 7.54. The van der Waals surface area contributed by atoms with Crippen molar-refractivity contribution in [3.63, 3.8) is 0 Å². The van der Waals surface area contributed by atoms with Gasteiger partial charge in [-0.3, -0.25) is 4.79 Å². The summed E-state index contributed by atoms with van der Waals surface area (Å²) >= 11 is 0. The number of nitrogens with two attached hydrogens (primary N) is 1. The molecule has 1 aliphatic rings. The third-order valence-corrected chi connectivity index (χ3v) is 4.94. The van der Waals surface area contributed by atoms with Gasteiger partial charge in [0.25, 0.3) is 0 Å². The van der Waals surface area contributed by atoms with Crippen LogP contribution in [0.2, 0.25) is 0 Å². The number of carbonyl (C=O) groups excluding carboxylic acids is 2. The number of rotatable bonds is 4. The number of nitrogens with zero attached hydrogens (tertiary/aromatic N) is 2. The van der Waals surface area contributed by atoms with Crippen LogP contribution in [-0.4, -0.2) is 23.6 Å². The Morgan fingerprint density at radius 2 is 2.04 bits per heavy atom. The number of methoxy groups -OCH3 is 1. The van der Waals surface area contributed by atoms with E-state index < -0.39 is 5.97 Å². The molecule has 1 aromatic heterocycles. The number of benzene rings is 1. The Kier molecular flexibility index (Phi) is 5.17. The van der Waals surface area contributed by atoms with Crippen molar-refractivity contribution in [2.45, 2.75) is 32.6 Å². The van der Waals surface area contributed by atoms with E-state index in [1.54, 1.807) is 6.07 Å². The lowest BCUT2D eigenvalue weighted by Crippen LogP contribution is -2.21. The fourth-order valence-electron chi connectivity index (χ4n) is 3.47. The minimum atomic E-state index is -0.649. The molecule has 1 aromatic carbocycles. The first-order valence-corrected chi connectivity index (χ1v) is 8.87. The number of hydrogen-bond acceptors (Lipinski definition) is 5. The number of hydrogen-bond donors (Lipinski definition) is 2. The molecular weight excluding hydrogens is 344 g/mol. The molecule has 27 heavy (non-hydrogen) atoms. The molecule has 0 spiro atoms. The van der Waals surface area contributed by atoms with Gasteiger partial charge in [0.15, 0.2) is 5.69 Å². The van der Waals surface area contributed by atoms with E-state index in [-0.39, 0.29) is 28.8 Å². The van der Waals surface area contributed by atoms with E-state index in [2.05, 4.69) is 5.32 Å². The van der Waals surface area contributed by atoms with Crippen molar-refractivity contribution >= 4 is 23.3 Å². The van der Waals surface area contributed by atoms with Gasteiger partial charge in [-0.05, 0) is 37.5 Å². The molecule has 7 heteroatoms. The summed E-state index contributed by atoms with van der Waals surface area (Å²) in [6.45, 7) is 1.90. The Bertz CT molecular complexity index is 933. The van der Waals surface area contributed by atoms with Crippen molar-refractivity contribution in [1.29, 1.82) is 5.26 Å². The summed E-state index contributed by atoms with van der Waals surface area (Å²) in [6, 6.07) is 7.49. The van der Waals surface area contributed by atoms with Gasteiger partial charge in [-0.25, -0.2) is 4.79 Å². The van der Waals surface area contributed by atoms with Crippen LogP contribution in [0.4, 0.5) is 11.4 Å². The summed E-state index contributed by atoms with van der Waals surface area (Å²) in [5, 5.41) is 12.3. The van der Waals surface area contributed by atoms with Crippen molar-refractivity contribution in [2.75, 3.05) is 18.2 Å². The predicted octanol–water partition coefficient (Wildman–Crippen LogP) is 3.15. The molecule has 140 valence electrons. The molecule has 0 unspecified atom stereocenters. The SMILES string of the molecule is COC(=O)c1c(N)c(C#N)cn1-c1cc(C)ccc1NC(=O)C1CCCC1. The van der Waals surface area contributed by atoms with Gasteiger partial charge in [0, 0.05) is 12.1 Å². The molecule has 1 fully saturated rings. The molecule has 0 bridgehead atoms. The number of amides is 1. The van der Waals surface area contributed by atoms with Gasteiger partial charge in [0.05, 0.1) is 29.7 Å². The van der Waals surface area contributed by atoms with Crippen LogP contribution in [0.1, 0.15) is 47.3 Å². The smallest absolute Gasteiger partial charge is 0.357 e. The number of ether oxygens (including phenoxy) is 1. The zero-order chi connectivity index (χ0) is 19.6. The lowest BCUT2D eigenvalue weighted by atomic mass is 10.1. The van der Waals surface area contributed by atoms with Crippen LogP contribution in [0, 0.1) is 24.2 Å². The largest absolute Gasteiger partial charge is 0.464 e. The molecule has 1 saturated carbocycles. The second-order valence-corrected chi connectivity index (χ2v) is 6.77. The standard InChI is InChI=1S/C20H22N4O3/c1-12-7-8-15(23-19(25)13-5-3-4-6-13)16(9-12)24-11-14(10-21)17(22)18(24)20(26)27-2/h7-9,11,13H,3-6,22H2,1-2H3,(H,23,25). The van der Waals surface area contributed by atoms with Gasteiger partial charge in [-0.2, -0.15) is 5.26 Å². The molecule has 7 nitrogen and oxygen atoms in total. The molecule has 0 aliphatic heterocycles. The number of esters is 1. The van der Waals surface area contributed by atoms with Gasteiger partial charge in [0.1, 0.15) is 6.07 Å². The summed E-state index contributed by atoms with van der Waals surface area (Å²) in [5.74, 6) is -0.676. The van der Waals surface area contributed by atoms with Crippen LogP contribution >= 0.6 is 0 Å². The highest BCUT2D eigenvalue weighted by Crippen LogP contribution is 2.31. The predicted molar refractivity (Wildman–Crippen MR) is 102 cm³/mol. The second-order valence-electron chi connectivity index (χ2n) is 6.77. The highest BCUT2D eigenvalue weighted by atomic mass is 16.5. The van der Waals surface area contributed by atoms with E-state index in [0.29, 0.717) is 11.4 Å². The van der Waals surface area contributed by atoms with Crippen LogP contribution in [0.25, 0.3) is 5.69 Å². The fraction of sp³-hybridized carbons (Fsp3) is 0.350. The van der Waals surface area contributed by atoms with Gasteiger partial charge in [0.2, 0.25) is 5.91 Å². The first-order valence-electron chi connectivity index (χ1n) is 8.87. The summed E-state index contributed by atoms with van der Waals surface area (Å²) in [6.07, 6.45) is 5.38. The normalized spacial score (nSPS) is 14.0. The molecular formula is C20H22N4O3. The van der Waals surface area contributed by atoms with E-state index in [1.165, 1.54) is 17.9 Å². The molecule has 1 amide bonds. The maximum atomic E-state index is 12.6. The van der Waals surface area contributed by atoms with Crippen LogP contribution in [0.3, 0.4) is 0 Å². The first kappa shape index (κ1) is 18.5. The maximum absolute atomic E-state index is 12.6. The number of aromatic nitrogens is 1. The van der Waals surface area contributed by atoms with Gasteiger partial charge >= 0.3 is 5.97 Å². The van der Waals surface area contributed by atoms with E-state index >= 15 is 0 Å². The Hall–Kier alpha value is -3.27. The van der Waals surface area contributed by atoms with Crippen LogP contribution in [0.5, 0.6) is 0 Å². The summed E-state index contributed by atoms with van der Waals surface area (Å²) in [7, 11) is 1.25. The zero-order valence-electron chi connectivity index (χ0n) is 15.4. The topological polar surface area (TPSA) is 110 Å². The van der Waals surface area contributed by atoms with Gasteiger partial charge < -0.3 is 20.4 Å². The third kappa shape index (κ3) is 3.51. The minimum absolute atomic E-state index is 0.00336. The minimum Gasteiger partial charge on any atom is -0.464 e. The van der Waals surface area contributed by atoms with E-state index in [9.17, 15) is 14.9 Å². The Balaban J connectivity index is 2.09. The number of nitriles is 1. The number of nitrogens with one attached hydrogen (secondary N) is 1. The molecule has 0 radical (unpaired) electrons. The molecule has 1 aliphatic carbocycles. The average Bonchev–Trinajstić information content (AvgIpc) is 3.30. The summed E-state index contributed by atoms with van der Waals surface area (Å²) < 4.78 is 6.34. The number of nitrogen functional groups attached to an aromatic ring is 1. The van der Waals surface area contributed by atoms with Crippen LogP contribution < -0.4 is 11.1 Å². The van der Waals surface area contributed by atoms with Crippen molar-refractivity contribution in [3.8, 4) is 11.8 Å².